The van der Waals surface area contributed by atoms with Gasteiger partial charge in [-0.2, -0.15) is 0 Å². The molecule has 0 bridgehead atoms. The van der Waals surface area contributed by atoms with Crippen LogP contribution in [0.25, 0.3) is 0 Å². The zero-order chi connectivity index (χ0) is 21.6. The highest BCUT2D eigenvalue weighted by molar-refractivity contribution is 7.89. The van der Waals surface area contributed by atoms with Gasteiger partial charge in [-0.15, -0.1) is 0 Å². The van der Waals surface area contributed by atoms with Gasteiger partial charge in [0.2, 0.25) is 10.0 Å². The van der Waals surface area contributed by atoms with Crippen LogP contribution in [0.1, 0.15) is 24.9 Å². The molecule has 0 aromatic heterocycles. The topological polar surface area (TPSA) is 49.4 Å². The standard InChI is InChI=1S/C23H24ClFN2O2S/c1-2-16-27(22-11-7-6-10-21(22)25)23(18-8-4-3-5-9-18)17-26-30(28,29)20-14-12-19(24)13-15-20/h3-15,23,26H,2,16-17H2,1H3. The highest BCUT2D eigenvalue weighted by atomic mass is 35.5. The van der Waals surface area contributed by atoms with Gasteiger partial charge in [-0.1, -0.05) is 61.0 Å². The van der Waals surface area contributed by atoms with E-state index in [1.165, 1.54) is 30.3 Å². The minimum atomic E-state index is -3.75. The molecule has 3 aromatic rings. The number of halogens is 2. The van der Waals surface area contributed by atoms with Crippen molar-refractivity contribution >= 4 is 27.3 Å². The lowest BCUT2D eigenvalue weighted by Gasteiger charge is -2.34. The molecule has 0 aliphatic heterocycles. The van der Waals surface area contributed by atoms with Crippen LogP contribution in [-0.4, -0.2) is 21.5 Å². The molecular formula is C23H24ClFN2O2S. The van der Waals surface area contributed by atoms with Crippen molar-refractivity contribution in [2.75, 3.05) is 18.0 Å². The summed E-state index contributed by atoms with van der Waals surface area (Å²) < 4.78 is 42.9. The third kappa shape index (κ3) is 5.39. The molecular weight excluding hydrogens is 423 g/mol. The lowest BCUT2D eigenvalue weighted by Crippen LogP contribution is -2.39. The molecule has 3 rings (SSSR count). The first-order valence-corrected chi connectivity index (χ1v) is 11.6. The largest absolute Gasteiger partial charge is 0.361 e. The van der Waals surface area contributed by atoms with Crippen LogP contribution < -0.4 is 9.62 Å². The molecule has 0 spiro atoms. The number of benzene rings is 3. The Kier molecular flexibility index (Phi) is 7.48. The molecule has 30 heavy (non-hydrogen) atoms. The molecule has 0 aliphatic rings. The van der Waals surface area contributed by atoms with Crippen molar-refractivity contribution in [2.45, 2.75) is 24.3 Å². The molecule has 0 saturated carbocycles. The van der Waals surface area contributed by atoms with Crippen LogP contribution >= 0.6 is 11.6 Å². The van der Waals surface area contributed by atoms with Crippen LogP contribution in [0.3, 0.4) is 0 Å². The van der Waals surface area contributed by atoms with E-state index >= 15 is 0 Å². The van der Waals surface area contributed by atoms with Crippen molar-refractivity contribution in [1.29, 1.82) is 0 Å². The van der Waals surface area contributed by atoms with E-state index in [9.17, 15) is 12.8 Å². The fourth-order valence-electron chi connectivity index (χ4n) is 3.34. The molecule has 0 aliphatic carbocycles. The Hall–Kier alpha value is -2.41. The van der Waals surface area contributed by atoms with Crippen molar-refractivity contribution in [2.24, 2.45) is 0 Å². The van der Waals surface area contributed by atoms with Gasteiger partial charge in [0.15, 0.2) is 0 Å². The fraction of sp³-hybridized carbons (Fsp3) is 0.217. The Bertz CT molecular complexity index is 1060. The van der Waals surface area contributed by atoms with E-state index in [4.69, 9.17) is 11.6 Å². The van der Waals surface area contributed by atoms with Crippen molar-refractivity contribution in [3.63, 3.8) is 0 Å². The summed E-state index contributed by atoms with van der Waals surface area (Å²) in [7, 11) is -3.75. The number of para-hydroxylation sites is 1. The van der Waals surface area contributed by atoms with Crippen LogP contribution in [-0.2, 0) is 10.0 Å². The van der Waals surface area contributed by atoms with Gasteiger partial charge in [-0.3, -0.25) is 0 Å². The van der Waals surface area contributed by atoms with Crippen molar-refractivity contribution in [1.82, 2.24) is 4.72 Å². The summed E-state index contributed by atoms with van der Waals surface area (Å²) in [5.41, 5.74) is 1.34. The Morgan fingerprint density at radius 3 is 2.23 bits per heavy atom. The maximum atomic E-state index is 14.6. The molecule has 1 atom stereocenters. The number of hydrogen-bond donors (Lipinski definition) is 1. The molecule has 0 radical (unpaired) electrons. The normalized spacial score (nSPS) is 12.5. The molecule has 1 unspecified atom stereocenters. The second-order valence-electron chi connectivity index (χ2n) is 6.88. The fourth-order valence-corrected chi connectivity index (χ4v) is 4.50. The smallest absolute Gasteiger partial charge is 0.240 e. The van der Waals surface area contributed by atoms with Gasteiger partial charge >= 0.3 is 0 Å². The van der Waals surface area contributed by atoms with Crippen LogP contribution in [0, 0.1) is 5.82 Å². The SMILES string of the molecule is CCCN(c1ccccc1F)C(CNS(=O)(=O)c1ccc(Cl)cc1)c1ccccc1. The van der Waals surface area contributed by atoms with Gasteiger partial charge in [0.25, 0.3) is 0 Å². The average molecular weight is 447 g/mol. The molecule has 0 amide bonds. The Morgan fingerprint density at radius 1 is 0.967 bits per heavy atom. The maximum absolute atomic E-state index is 14.6. The molecule has 158 valence electrons. The Labute approximate surface area is 182 Å². The van der Waals surface area contributed by atoms with Crippen LogP contribution in [0.15, 0.2) is 83.8 Å². The highest BCUT2D eigenvalue weighted by Gasteiger charge is 2.25. The average Bonchev–Trinajstić information content (AvgIpc) is 2.75. The number of anilines is 1. The molecule has 0 saturated heterocycles. The number of sulfonamides is 1. The summed E-state index contributed by atoms with van der Waals surface area (Å²) in [4.78, 5) is 2.04. The second kappa shape index (κ2) is 10.1. The lowest BCUT2D eigenvalue weighted by atomic mass is 10.0. The number of hydrogen-bond acceptors (Lipinski definition) is 3. The monoisotopic (exact) mass is 446 g/mol. The van der Waals surface area contributed by atoms with Gasteiger partial charge in [0.1, 0.15) is 5.82 Å². The summed E-state index contributed by atoms with van der Waals surface area (Å²) in [5, 5.41) is 0.463. The maximum Gasteiger partial charge on any atom is 0.240 e. The van der Waals surface area contributed by atoms with Crippen LogP contribution in [0.4, 0.5) is 10.1 Å². The van der Waals surface area contributed by atoms with Gasteiger partial charge in [-0.05, 0) is 48.4 Å². The Morgan fingerprint density at radius 2 is 1.60 bits per heavy atom. The zero-order valence-electron chi connectivity index (χ0n) is 16.6. The highest BCUT2D eigenvalue weighted by Crippen LogP contribution is 2.29. The summed E-state index contributed by atoms with van der Waals surface area (Å²) in [6, 6.07) is 21.7. The predicted molar refractivity (Wildman–Crippen MR) is 120 cm³/mol. The van der Waals surface area contributed by atoms with Crippen LogP contribution in [0.5, 0.6) is 0 Å². The van der Waals surface area contributed by atoms with E-state index in [-0.39, 0.29) is 23.3 Å². The van der Waals surface area contributed by atoms with Crippen LogP contribution in [0.2, 0.25) is 5.02 Å². The predicted octanol–water partition coefficient (Wildman–Crippen LogP) is 5.42. The zero-order valence-corrected chi connectivity index (χ0v) is 18.2. The molecule has 4 nitrogen and oxygen atoms in total. The van der Waals surface area contributed by atoms with Crippen molar-refractivity contribution in [3.8, 4) is 0 Å². The third-order valence-electron chi connectivity index (χ3n) is 4.78. The van der Waals surface area contributed by atoms with Gasteiger partial charge < -0.3 is 4.90 Å². The first kappa shape index (κ1) is 22.3. The van der Waals surface area contributed by atoms with E-state index in [1.807, 2.05) is 42.2 Å². The minimum Gasteiger partial charge on any atom is -0.361 e. The van der Waals surface area contributed by atoms with Gasteiger partial charge in [-0.25, -0.2) is 17.5 Å². The summed E-state index contributed by atoms with van der Waals surface area (Å²) in [6.07, 6.45) is 0.779. The number of rotatable bonds is 9. The quantitative estimate of drug-likeness (QED) is 0.477. The number of nitrogens with zero attached hydrogens (tertiary/aromatic N) is 1. The number of nitrogens with one attached hydrogen (secondary N) is 1. The lowest BCUT2D eigenvalue weighted by molar-refractivity contribution is 0.547. The van der Waals surface area contributed by atoms with E-state index < -0.39 is 10.0 Å². The molecule has 0 fully saturated rings. The Balaban J connectivity index is 1.94. The molecule has 3 aromatic carbocycles. The second-order valence-corrected chi connectivity index (χ2v) is 9.08. The summed E-state index contributed by atoms with van der Waals surface area (Å²) in [6.45, 7) is 2.67. The van der Waals surface area contributed by atoms with E-state index in [0.717, 1.165) is 12.0 Å². The van der Waals surface area contributed by atoms with E-state index in [1.54, 1.807) is 18.2 Å². The van der Waals surface area contributed by atoms with E-state index in [2.05, 4.69) is 4.72 Å². The van der Waals surface area contributed by atoms with Crippen molar-refractivity contribution < 1.29 is 12.8 Å². The summed E-state index contributed by atoms with van der Waals surface area (Å²) in [5.74, 6) is -0.340. The molecule has 7 heteroatoms. The van der Waals surface area contributed by atoms with E-state index in [0.29, 0.717) is 17.3 Å². The first-order chi connectivity index (χ1) is 14.4. The summed E-state index contributed by atoms with van der Waals surface area (Å²) >= 11 is 5.87. The first-order valence-electron chi connectivity index (χ1n) is 9.73. The minimum absolute atomic E-state index is 0.0866. The van der Waals surface area contributed by atoms with Gasteiger partial charge in [0.05, 0.1) is 16.6 Å². The van der Waals surface area contributed by atoms with Crippen molar-refractivity contribution in [3.05, 3.63) is 95.3 Å². The van der Waals surface area contributed by atoms with Gasteiger partial charge in [0, 0.05) is 18.1 Å². The third-order valence-corrected chi connectivity index (χ3v) is 6.47. The molecule has 0 heterocycles. The molecule has 1 N–H and O–H groups in total.